The van der Waals surface area contributed by atoms with Crippen molar-refractivity contribution in [2.45, 2.75) is 38.1 Å². The molecule has 2 rings (SSSR count). The maximum atomic E-state index is 12.8. The monoisotopic (exact) mass is 280 g/mol. The Hall–Kier alpha value is -1.98. The molecule has 0 aromatic carbocycles. The van der Waals surface area contributed by atoms with Crippen molar-refractivity contribution in [2.24, 2.45) is 0 Å². The summed E-state index contributed by atoms with van der Waals surface area (Å²) in [7, 11) is 0. The van der Waals surface area contributed by atoms with Gasteiger partial charge in [-0.3, -0.25) is 4.79 Å². The van der Waals surface area contributed by atoms with Crippen molar-refractivity contribution in [1.29, 1.82) is 0 Å². The number of aliphatic carboxylic acids is 1. The van der Waals surface area contributed by atoms with E-state index in [-0.39, 0.29) is 5.56 Å². The molecule has 0 spiro atoms. The van der Waals surface area contributed by atoms with Gasteiger partial charge in [0.2, 0.25) is 5.95 Å². The third-order valence-corrected chi connectivity index (χ3v) is 3.77. The molecule has 1 fully saturated rings. The highest BCUT2D eigenvalue weighted by atomic mass is 19.1. The SMILES string of the molecule is CCCC1(C(=O)O)CCCN1C(=O)c1ccc(F)nc1. The maximum Gasteiger partial charge on any atom is 0.329 e. The summed E-state index contributed by atoms with van der Waals surface area (Å²) in [5, 5.41) is 9.54. The van der Waals surface area contributed by atoms with E-state index in [1.165, 1.54) is 11.0 Å². The van der Waals surface area contributed by atoms with Gasteiger partial charge in [-0.2, -0.15) is 4.39 Å². The minimum absolute atomic E-state index is 0.218. The number of pyridine rings is 1. The van der Waals surface area contributed by atoms with E-state index < -0.39 is 23.4 Å². The predicted molar refractivity (Wildman–Crippen MR) is 69.7 cm³/mol. The standard InChI is InChI=1S/C14H17FN2O3/c1-2-6-14(13(19)20)7-3-8-17(14)12(18)10-4-5-11(15)16-9-10/h4-5,9H,2-3,6-8H2,1H3,(H,19,20). The second-order valence-electron chi connectivity index (χ2n) is 5.02. The lowest BCUT2D eigenvalue weighted by atomic mass is 9.90. The van der Waals surface area contributed by atoms with Gasteiger partial charge in [0.25, 0.3) is 5.91 Å². The fourth-order valence-electron chi connectivity index (χ4n) is 2.84. The summed E-state index contributed by atoms with van der Waals surface area (Å²) in [6, 6.07) is 2.44. The minimum atomic E-state index is -1.14. The van der Waals surface area contributed by atoms with Crippen LogP contribution in [0.15, 0.2) is 18.3 Å². The zero-order valence-electron chi connectivity index (χ0n) is 11.3. The Morgan fingerprint density at radius 1 is 1.50 bits per heavy atom. The Kier molecular flexibility index (Phi) is 4.01. The first kappa shape index (κ1) is 14.4. The van der Waals surface area contributed by atoms with E-state index in [0.717, 1.165) is 12.3 Å². The maximum absolute atomic E-state index is 12.8. The second-order valence-corrected chi connectivity index (χ2v) is 5.02. The van der Waals surface area contributed by atoms with Crippen molar-refractivity contribution >= 4 is 11.9 Å². The number of carbonyl (C=O) groups excluding carboxylic acids is 1. The van der Waals surface area contributed by atoms with Gasteiger partial charge >= 0.3 is 5.97 Å². The second kappa shape index (κ2) is 5.56. The number of rotatable bonds is 4. The highest BCUT2D eigenvalue weighted by molar-refractivity contribution is 5.98. The Balaban J connectivity index is 2.32. The van der Waals surface area contributed by atoms with Gasteiger partial charge in [-0.05, 0) is 31.4 Å². The lowest BCUT2D eigenvalue weighted by Gasteiger charge is -2.34. The Labute approximate surface area is 116 Å². The number of halogens is 1. The van der Waals surface area contributed by atoms with Crippen molar-refractivity contribution in [2.75, 3.05) is 6.54 Å². The fraction of sp³-hybridized carbons (Fsp3) is 0.500. The van der Waals surface area contributed by atoms with Crippen LogP contribution < -0.4 is 0 Å². The predicted octanol–water partition coefficient (Wildman–Crippen LogP) is 2.08. The number of nitrogens with zero attached hydrogens (tertiary/aromatic N) is 2. The number of carboxylic acids is 1. The Morgan fingerprint density at radius 2 is 2.25 bits per heavy atom. The molecule has 0 aliphatic carbocycles. The third kappa shape index (κ3) is 2.37. The van der Waals surface area contributed by atoms with E-state index in [4.69, 9.17) is 0 Å². The lowest BCUT2D eigenvalue weighted by molar-refractivity contribution is -0.148. The van der Waals surface area contributed by atoms with Gasteiger partial charge in [0.15, 0.2) is 0 Å². The highest BCUT2D eigenvalue weighted by Crippen LogP contribution is 2.35. The smallest absolute Gasteiger partial charge is 0.329 e. The van der Waals surface area contributed by atoms with Crippen LogP contribution in [0.2, 0.25) is 0 Å². The van der Waals surface area contributed by atoms with Crippen molar-refractivity contribution in [3.63, 3.8) is 0 Å². The fourth-order valence-corrected chi connectivity index (χ4v) is 2.84. The molecule has 1 aromatic rings. The summed E-state index contributed by atoms with van der Waals surface area (Å²) < 4.78 is 12.8. The van der Waals surface area contributed by atoms with E-state index in [0.29, 0.717) is 32.2 Å². The summed E-state index contributed by atoms with van der Waals surface area (Å²) in [5.41, 5.74) is -0.921. The molecule has 1 aliphatic heterocycles. The number of amides is 1. The van der Waals surface area contributed by atoms with Crippen LogP contribution in [-0.2, 0) is 4.79 Å². The van der Waals surface area contributed by atoms with Crippen LogP contribution in [0.5, 0.6) is 0 Å². The topological polar surface area (TPSA) is 70.5 Å². The molecular weight excluding hydrogens is 263 g/mol. The Morgan fingerprint density at radius 3 is 2.80 bits per heavy atom. The normalized spacial score (nSPS) is 22.0. The van der Waals surface area contributed by atoms with Crippen LogP contribution in [0, 0.1) is 5.95 Å². The number of aromatic nitrogens is 1. The molecule has 2 heterocycles. The summed E-state index contributed by atoms with van der Waals surface area (Å²) in [5.74, 6) is -2.04. The molecule has 20 heavy (non-hydrogen) atoms. The number of hydrogen-bond acceptors (Lipinski definition) is 3. The number of carboxylic acid groups (broad SMARTS) is 1. The van der Waals surface area contributed by atoms with Crippen LogP contribution in [0.4, 0.5) is 4.39 Å². The Bertz CT molecular complexity index is 518. The molecule has 0 saturated carbocycles. The van der Waals surface area contributed by atoms with Gasteiger partial charge in [-0.25, -0.2) is 9.78 Å². The number of hydrogen-bond donors (Lipinski definition) is 1. The summed E-state index contributed by atoms with van der Waals surface area (Å²) in [4.78, 5) is 28.9. The zero-order valence-corrected chi connectivity index (χ0v) is 11.3. The third-order valence-electron chi connectivity index (χ3n) is 3.77. The van der Waals surface area contributed by atoms with Gasteiger partial charge in [-0.1, -0.05) is 13.3 Å². The van der Waals surface area contributed by atoms with Gasteiger partial charge in [-0.15, -0.1) is 0 Å². The number of carbonyl (C=O) groups is 2. The van der Waals surface area contributed by atoms with E-state index >= 15 is 0 Å². The van der Waals surface area contributed by atoms with E-state index in [9.17, 15) is 19.1 Å². The summed E-state index contributed by atoms with van der Waals surface area (Å²) in [6.45, 7) is 2.30. The quantitative estimate of drug-likeness (QED) is 0.857. The molecule has 1 N–H and O–H groups in total. The van der Waals surface area contributed by atoms with E-state index in [1.807, 2.05) is 6.92 Å². The van der Waals surface area contributed by atoms with Gasteiger partial charge in [0, 0.05) is 12.7 Å². The molecule has 0 bridgehead atoms. The van der Waals surface area contributed by atoms with Crippen molar-refractivity contribution in [3.8, 4) is 0 Å². The highest BCUT2D eigenvalue weighted by Gasteiger charge is 2.49. The molecule has 6 heteroatoms. The van der Waals surface area contributed by atoms with Crippen molar-refractivity contribution in [3.05, 3.63) is 29.8 Å². The molecule has 1 aromatic heterocycles. The van der Waals surface area contributed by atoms with E-state index in [2.05, 4.69) is 4.98 Å². The molecular formula is C14H17FN2O3. The molecule has 1 atom stereocenters. The molecule has 1 aliphatic rings. The van der Waals surface area contributed by atoms with Gasteiger partial charge in [0.05, 0.1) is 5.56 Å². The zero-order chi connectivity index (χ0) is 14.8. The molecule has 1 unspecified atom stereocenters. The summed E-state index contributed by atoms with van der Waals surface area (Å²) in [6.07, 6.45) is 3.36. The molecule has 0 radical (unpaired) electrons. The minimum Gasteiger partial charge on any atom is -0.479 e. The van der Waals surface area contributed by atoms with Crippen LogP contribution >= 0.6 is 0 Å². The molecule has 5 nitrogen and oxygen atoms in total. The van der Waals surface area contributed by atoms with Crippen molar-refractivity contribution < 1.29 is 19.1 Å². The summed E-state index contributed by atoms with van der Waals surface area (Å²) >= 11 is 0. The molecule has 1 amide bonds. The average molecular weight is 280 g/mol. The van der Waals surface area contributed by atoms with Gasteiger partial charge < -0.3 is 10.0 Å². The van der Waals surface area contributed by atoms with Gasteiger partial charge in [0.1, 0.15) is 5.54 Å². The van der Waals surface area contributed by atoms with Crippen LogP contribution in [0.25, 0.3) is 0 Å². The molecule has 108 valence electrons. The first-order valence-corrected chi connectivity index (χ1v) is 6.68. The van der Waals surface area contributed by atoms with Crippen LogP contribution in [-0.4, -0.2) is 39.0 Å². The van der Waals surface area contributed by atoms with Crippen LogP contribution in [0.3, 0.4) is 0 Å². The molecule has 1 saturated heterocycles. The first-order chi connectivity index (χ1) is 9.51. The average Bonchev–Trinajstić information content (AvgIpc) is 2.84. The number of likely N-dealkylation sites (tertiary alicyclic amines) is 1. The van der Waals surface area contributed by atoms with Crippen molar-refractivity contribution in [1.82, 2.24) is 9.88 Å². The lowest BCUT2D eigenvalue weighted by Crippen LogP contribution is -2.53. The van der Waals surface area contributed by atoms with E-state index in [1.54, 1.807) is 0 Å². The largest absolute Gasteiger partial charge is 0.479 e. The van der Waals surface area contributed by atoms with Crippen LogP contribution in [0.1, 0.15) is 43.0 Å². The first-order valence-electron chi connectivity index (χ1n) is 6.68.